The number of aromatic nitrogens is 4. The fourth-order valence-electron chi connectivity index (χ4n) is 3.79. The van der Waals surface area contributed by atoms with Gasteiger partial charge in [-0.05, 0) is 12.1 Å². The molecule has 2 atom stereocenters. The summed E-state index contributed by atoms with van der Waals surface area (Å²) < 4.78 is 45.3. The normalized spacial score (nSPS) is 19.1. The number of hydrogen-bond donors (Lipinski definition) is 0. The van der Waals surface area contributed by atoms with E-state index in [-0.39, 0.29) is 29.3 Å². The number of nitriles is 1. The molecule has 0 saturated carbocycles. The van der Waals surface area contributed by atoms with Gasteiger partial charge in [-0.2, -0.15) is 18.4 Å². The average molecular weight is 444 g/mol. The molecule has 0 radical (unpaired) electrons. The average Bonchev–Trinajstić information content (AvgIpc) is 2.77. The highest BCUT2D eigenvalue weighted by atomic mass is 19.4. The molecule has 11 heteroatoms. The molecule has 1 saturated heterocycles. The first-order valence-corrected chi connectivity index (χ1v) is 9.89. The van der Waals surface area contributed by atoms with Crippen LogP contribution in [0.3, 0.4) is 0 Å². The van der Waals surface area contributed by atoms with Gasteiger partial charge in [-0.25, -0.2) is 15.0 Å². The zero-order valence-corrected chi connectivity index (χ0v) is 17.3. The predicted octanol–water partition coefficient (Wildman–Crippen LogP) is 2.91. The van der Waals surface area contributed by atoms with E-state index < -0.39 is 11.7 Å². The minimum absolute atomic E-state index is 0.0344. The molecule has 8 nitrogen and oxygen atoms in total. The number of hydrogen-bond acceptors (Lipinski definition) is 7. The topological polar surface area (TPSA) is 96.9 Å². The lowest BCUT2D eigenvalue weighted by Crippen LogP contribution is -2.45. The highest BCUT2D eigenvalue weighted by Crippen LogP contribution is 2.31. The van der Waals surface area contributed by atoms with Gasteiger partial charge in [-0.1, -0.05) is 6.92 Å². The van der Waals surface area contributed by atoms with Gasteiger partial charge < -0.3 is 14.2 Å². The molecule has 166 valence electrons. The molecule has 0 N–H and O–H groups in total. The molecule has 0 spiro atoms. The van der Waals surface area contributed by atoms with Crippen LogP contribution in [0.5, 0.6) is 6.01 Å². The zero-order valence-electron chi connectivity index (χ0n) is 17.3. The van der Waals surface area contributed by atoms with Crippen LogP contribution >= 0.6 is 0 Å². The van der Waals surface area contributed by atoms with Crippen molar-refractivity contribution in [2.75, 3.05) is 18.0 Å². The predicted molar refractivity (Wildman–Crippen MR) is 109 cm³/mol. The maximum atomic E-state index is 12.7. The van der Waals surface area contributed by atoms with Crippen molar-refractivity contribution >= 4 is 16.7 Å². The molecule has 1 aliphatic heterocycles. The Labute approximate surface area is 180 Å². The van der Waals surface area contributed by atoms with Gasteiger partial charge in [0.2, 0.25) is 0 Å². The minimum atomic E-state index is -4.51. The van der Waals surface area contributed by atoms with Crippen LogP contribution in [0.2, 0.25) is 0 Å². The highest BCUT2D eigenvalue weighted by Gasteiger charge is 2.33. The molecule has 0 aliphatic carbocycles. The Kier molecular flexibility index (Phi) is 5.46. The number of piperidine rings is 1. The number of nitrogens with zero attached hydrogens (tertiary/aromatic N) is 6. The van der Waals surface area contributed by atoms with Crippen LogP contribution in [-0.4, -0.2) is 38.7 Å². The number of aryl methyl sites for hydroxylation is 1. The summed E-state index contributed by atoms with van der Waals surface area (Å²) in [5, 5.41) is 9.22. The Balaban J connectivity index is 1.55. The van der Waals surface area contributed by atoms with Crippen molar-refractivity contribution in [2.24, 2.45) is 13.0 Å². The molecule has 0 aromatic carbocycles. The summed E-state index contributed by atoms with van der Waals surface area (Å²) in [5.41, 5.74) is 0.941. The third-order valence-corrected chi connectivity index (χ3v) is 5.56. The van der Waals surface area contributed by atoms with E-state index in [2.05, 4.69) is 15.0 Å². The quantitative estimate of drug-likeness (QED) is 0.613. The molecular formula is C21H19F3N6O2. The number of rotatable bonds is 3. The van der Waals surface area contributed by atoms with Gasteiger partial charge in [0.1, 0.15) is 23.4 Å². The van der Waals surface area contributed by atoms with Gasteiger partial charge in [0.05, 0.1) is 16.8 Å². The second kappa shape index (κ2) is 8.11. The van der Waals surface area contributed by atoms with Crippen molar-refractivity contribution in [3.8, 4) is 12.1 Å². The van der Waals surface area contributed by atoms with Crippen molar-refractivity contribution in [2.45, 2.75) is 25.6 Å². The molecule has 0 amide bonds. The van der Waals surface area contributed by atoms with Crippen LogP contribution in [0.4, 0.5) is 18.9 Å². The summed E-state index contributed by atoms with van der Waals surface area (Å²) in [6.07, 6.45) is -2.87. The molecule has 4 rings (SSSR count). The number of alkyl halides is 3. The zero-order chi connectivity index (χ0) is 23.0. The second-order valence-electron chi connectivity index (χ2n) is 7.72. The van der Waals surface area contributed by atoms with Crippen molar-refractivity contribution in [1.29, 1.82) is 5.26 Å². The third-order valence-electron chi connectivity index (χ3n) is 5.56. The van der Waals surface area contributed by atoms with E-state index >= 15 is 0 Å². The SMILES string of the molecule is C[C@@H]1CN(c2cc(=O)n(C)c3ccc(C#N)nc23)CC[C@@H]1Oc1ncc(C(F)(F)F)cn1. The second-order valence-corrected chi connectivity index (χ2v) is 7.72. The first-order valence-electron chi connectivity index (χ1n) is 9.89. The Morgan fingerprint density at radius 1 is 1.25 bits per heavy atom. The van der Waals surface area contributed by atoms with Crippen molar-refractivity contribution in [3.05, 3.63) is 52.2 Å². The maximum Gasteiger partial charge on any atom is 0.419 e. The van der Waals surface area contributed by atoms with Crippen LogP contribution in [0.25, 0.3) is 11.0 Å². The van der Waals surface area contributed by atoms with Gasteiger partial charge in [0, 0.05) is 50.9 Å². The Bertz CT molecular complexity index is 1250. The number of halogens is 3. The van der Waals surface area contributed by atoms with Gasteiger partial charge in [-0.15, -0.1) is 0 Å². The molecule has 0 unspecified atom stereocenters. The van der Waals surface area contributed by atoms with E-state index in [1.807, 2.05) is 17.9 Å². The lowest BCUT2D eigenvalue weighted by molar-refractivity contribution is -0.138. The fourth-order valence-corrected chi connectivity index (χ4v) is 3.79. The fraction of sp³-hybridized carbons (Fsp3) is 0.381. The van der Waals surface area contributed by atoms with Gasteiger partial charge in [0.25, 0.3) is 5.56 Å². The number of fused-ring (bicyclic) bond motifs is 1. The first-order chi connectivity index (χ1) is 15.2. The largest absolute Gasteiger partial charge is 0.460 e. The summed E-state index contributed by atoms with van der Waals surface area (Å²) in [6, 6.07) is 6.68. The van der Waals surface area contributed by atoms with Crippen molar-refractivity contribution < 1.29 is 17.9 Å². The Morgan fingerprint density at radius 3 is 2.59 bits per heavy atom. The highest BCUT2D eigenvalue weighted by molar-refractivity contribution is 5.88. The van der Waals surface area contributed by atoms with Gasteiger partial charge >= 0.3 is 12.2 Å². The van der Waals surface area contributed by atoms with Crippen LogP contribution in [0.15, 0.2) is 35.4 Å². The standard InChI is InChI=1S/C21H19F3N6O2/c1-12-11-30(6-5-17(12)32-20-26-9-13(10-27-20)21(22,23)24)16-7-18(31)29(2)15-4-3-14(8-25)28-19(15)16/h3-4,7,9-10,12,17H,5-6,11H2,1-2H3/t12-,17+/m1/s1. The molecule has 1 aliphatic rings. The smallest absolute Gasteiger partial charge is 0.419 e. The van der Waals surface area contributed by atoms with E-state index in [1.165, 1.54) is 10.6 Å². The van der Waals surface area contributed by atoms with E-state index in [4.69, 9.17) is 4.74 Å². The van der Waals surface area contributed by atoms with E-state index in [0.29, 0.717) is 48.6 Å². The third kappa shape index (κ3) is 4.08. The minimum Gasteiger partial charge on any atom is -0.460 e. The molecule has 1 fully saturated rings. The van der Waals surface area contributed by atoms with E-state index in [0.717, 1.165) is 0 Å². The van der Waals surface area contributed by atoms with Crippen LogP contribution in [0, 0.1) is 17.2 Å². The summed E-state index contributed by atoms with van der Waals surface area (Å²) in [4.78, 5) is 26.2. The van der Waals surface area contributed by atoms with Crippen LogP contribution < -0.4 is 15.2 Å². The number of anilines is 1. The molecule has 3 aromatic rings. The summed E-state index contributed by atoms with van der Waals surface area (Å²) >= 11 is 0. The number of ether oxygens (including phenoxy) is 1. The summed E-state index contributed by atoms with van der Waals surface area (Å²) in [6.45, 7) is 2.99. The molecule has 0 bridgehead atoms. The maximum absolute atomic E-state index is 12.7. The van der Waals surface area contributed by atoms with Crippen LogP contribution in [-0.2, 0) is 13.2 Å². The molecule has 32 heavy (non-hydrogen) atoms. The van der Waals surface area contributed by atoms with E-state index in [1.54, 1.807) is 19.2 Å². The van der Waals surface area contributed by atoms with Crippen molar-refractivity contribution in [3.63, 3.8) is 0 Å². The summed E-state index contributed by atoms with van der Waals surface area (Å²) in [7, 11) is 1.65. The molecule has 4 heterocycles. The van der Waals surface area contributed by atoms with Gasteiger partial charge in [-0.3, -0.25) is 4.79 Å². The van der Waals surface area contributed by atoms with Gasteiger partial charge in [0.15, 0.2) is 0 Å². The molecular weight excluding hydrogens is 425 g/mol. The molecule has 3 aromatic heterocycles. The number of pyridine rings is 2. The Morgan fingerprint density at radius 2 is 1.97 bits per heavy atom. The van der Waals surface area contributed by atoms with Crippen LogP contribution in [0.1, 0.15) is 24.6 Å². The summed E-state index contributed by atoms with van der Waals surface area (Å²) in [5.74, 6) is -0.0344. The lowest BCUT2D eigenvalue weighted by Gasteiger charge is -2.38. The monoisotopic (exact) mass is 444 g/mol. The van der Waals surface area contributed by atoms with Crippen molar-refractivity contribution in [1.82, 2.24) is 19.5 Å². The first kappa shape index (κ1) is 21.5. The lowest BCUT2D eigenvalue weighted by atomic mass is 9.96. The Hall–Kier alpha value is -3.68. The van der Waals surface area contributed by atoms with E-state index in [9.17, 15) is 23.2 Å².